The van der Waals surface area contributed by atoms with Gasteiger partial charge in [-0.1, -0.05) is 54.1 Å². The van der Waals surface area contributed by atoms with E-state index >= 15 is 0 Å². The van der Waals surface area contributed by atoms with Gasteiger partial charge in [0.1, 0.15) is 5.82 Å². The molecule has 0 amide bonds. The second-order valence-electron chi connectivity index (χ2n) is 6.78. The lowest BCUT2D eigenvalue weighted by atomic mass is 10.1. The minimum atomic E-state index is -3.85. The molecule has 0 atom stereocenters. The molecule has 140 valence electrons. The van der Waals surface area contributed by atoms with E-state index in [1.807, 2.05) is 37.3 Å². The highest BCUT2D eigenvalue weighted by Crippen LogP contribution is 2.30. The van der Waals surface area contributed by atoms with Crippen molar-refractivity contribution >= 4 is 21.8 Å². The average molecular weight is 391 g/mol. The van der Waals surface area contributed by atoms with Gasteiger partial charge in [-0.05, 0) is 54.0 Å². The standard InChI is InChI=1S/C23H18FNO2S/c1-16-6-12-21(13-7-16)28(26,27)25-23-19(14-17-8-10-20(24)11-9-17)15-18-4-2-3-5-22(18)23/h2-14H,15H2,1H3/b19-14+,25-23-. The van der Waals surface area contributed by atoms with Gasteiger partial charge in [0, 0.05) is 12.0 Å². The molecule has 5 heteroatoms. The maximum atomic E-state index is 13.2. The van der Waals surface area contributed by atoms with Crippen molar-refractivity contribution in [3.63, 3.8) is 0 Å². The molecule has 0 aliphatic heterocycles. The molecule has 3 aromatic rings. The third-order valence-corrected chi connectivity index (χ3v) is 5.99. The molecule has 0 unspecified atom stereocenters. The van der Waals surface area contributed by atoms with Crippen molar-refractivity contribution in [2.45, 2.75) is 18.2 Å². The number of nitrogens with zero attached hydrogens (tertiary/aromatic N) is 1. The fourth-order valence-electron chi connectivity index (χ4n) is 3.24. The maximum Gasteiger partial charge on any atom is 0.282 e. The van der Waals surface area contributed by atoms with Crippen molar-refractivity contribution in [1.29, 1.82) is 0 Å². The van der Waals surface area contributed by atoms with Crippen molar-refractivity contribution in [2.24, 2.45) is 4.40 Å². The molecule has 0 saturated heterocycles. The number of rotatable bonds is 3. The molecule has 3 aromatic carbocycles. The Morgan fingerprint density at radius 1 is 0.929 bits per heavy atom. The largest absolute Gasteiger partial charge is 0.282 e. The lowest BCUT2D eigenvalue weighted by Crippen LogP contribution is -2.05. The molecule has 0 spiro atoms. The van der Waals surface area contributed by atoms with Crippen LogP contribution in [0.3, 0.4) is 0 Å². The molecule has 0 aromatic heterocycles. The van der Waals surface area contributed by atoms with Crippen LogP contribution < -0.4 is 0 Å². The average Bonchev–Trinajstić information content (AvgIpc) is 3.01. The Balaban J connectivity index is 1.83. The Kier molecular flexibility index (Phi) is 4.69. The first-order valence-corrected chi connectivity index (χ1v) is 10.3. The molecule has 3 nitrogen and oxygen atoms in total. The number of fused-ring (bicyclic) bond motifs is 1. The highest BCUT2D eigenvalue weighted by Gasteiger charge is 2.25. The minimum absolute atomic E-state index is 0.163. The summed E-state index contributed by atoms with van der Waals surface area (Å²) >= 11 is 0. The molecular weight excluding hydrogens is 373 g/mol. The molecular formula is C23H18FNO2S. The van der Waals surface area contributed by atoms with Crippen LogP contribution in [0.15, 0.2) is 87.7 Å². The van der Waals surface area contributed by atoms with E-state index in [2.05, 4.69) is 4.40 Å². The van der Waals surface area contributed by atoms with E-state index in [0.717, 1.165) is 27.8 Å². The summed E-state index contributed by atoms with van der Waals surface area (Å²) in [6.45, 7) is 1.90. The van der Waals surface area contributed by atoms with Gasteiger partial charge in [0.2, 0.25) is 0 Å². The third-order valence-electron chi connectivity index (χ3n) is 4.70. The molecule has 4 rings (SSSR count). The quantitative estimate of drug-likeness (QED) is 0.634. The number of benzene rings is 3. The van der Waals surface area contributed by atoms with Crippen molar-refractivity contribution in [1.82, 2.24) is 0 Å². The van der Waals surface area contributed by atoms with Gasteiger partial charge >= 0.3 is 0 Å². The van der Waals surface area contributed by atoms with Crippen LogP contribution in [0.5, 0.6) is 0 Å². The first kappa shape index (κ1) is 18.3. The van der Waals surface area contributed by atoms with Crippen LogP contribution in [-0.2, 0) is 16.4 Å². The first-order chi connectivity index (χ1) is 13.4. The van der Waals surface area contributed by atoms with Crippen molar-refractivity contribution < 1.29 is 12.8 Å². The van der Waals surface area contributed by atoms with Gasteiger partial charge in [-0.15, -0.1) is 0 Å². The van der Waals surface area contributed by atoms with Crippen LogP contribution in [0, 0.1) is 12.7 Å². The minimum Gasteiger partial charge on any atom is -0.207 e. The molecule has 0 radical (unpaired) electrons. The Hall–Kier alpha value is -3.05. The Labute approximate surface area is 163 Å². The number of hydrogen-bond donors (Lipinski definition) is 0. The van der Waals surface area contributed by atoms with Crippen molar-refractivity contribution in [3.8, 4) is 0 Å². The zero-order valence-corrected chi connectivity index (χ0v) is 16.1. The van der Waals surface area contributed by atoms with Gasteiger partial charge in [-0.3, -0.25) is 0 Å². The maximum absolute atomic E-state index is 13.2. The summed E-state index contributed by atoms with van der Waals surface area (Å²) in [7, 11) is -3.85. The van der Waals surface area contributed by atoms with Gasteiger partial charge < -0.3 is 0 Å². The Bertz CT molecular complexity index is 1190. The number of hydrogen-bond acceptors (Lipinski definition) is 2. The van der Waals surface area contributed by atoms with Crippen LogP contribution in [0.1, 0.15) is 22.3 Å². The predicted octanol–water partition coefficient (Wildman–Crippen LogP) is 4.95. The molecule has 1 aliphatic rings. The van der Waals surface area contributed by atoms with Crippen LogP contribution in [-0.4, -0.2) is 14.1 Å². The van der Waals surface area contributed by atoms with Gasteiger partial charge in [0.25, 0.3) is 10.0 Å². The molecule has 0 fully saturated rings. The van der Waals surface area contributed by atoms with E-state index in [1.54, 1.807) is 36.4 Å². The number of aryl methyl sites for hydroxylation is 1. The second kappa shape index (κ2) is 7.17. The van der Waals surface area contributed by atoms with Gasteiger partial charge in [-0.25, -0.2) is 4.39 Å². The molecule has 0 bridgehead atoms. The third kappa shape index (κ3) is 3.66. The summed E-state index contributed by atoms with van der Waals surface area (Å²) in [5, 5.41) is 0. The van der Waals surface area contributed by atoms with E-state index in [4.69, 9.17) is 0 Å². The van der Waals surface area contributed by atoms with Gasteiger partial charge in [0.15, 0.2) is 0 Å². The number of halogens is 1. The van der Waals surface area contributed by atoms with Crippen LogP contribution >= 0.6 is 0 Å². The van der Waals surface area contributed by atoms with Crippen molar-refractivity contribution in [2.75, 3.05) is 0 Å². The van der Waals surface area contributed by atoms with Gasteiger partial charge in [-0.2, -0.15) is 12.8 Å². The van der Waals surface area contributed by atoms with E-state index < -0.39 is 10.0 Å². The van der Waals surface area contributed by atoms with Gasteiger partial charge in [0.05, 0.1) is 10.6 Å². The van der Waals surface area contributed by atoms with E-state index in [9.17, 15) is 12.8 Å². The summed E-state index contributed by atoms with van der Waals surface area (Å²) in [5.74, 6) is -0.312. The molecule has 1 aliphatic carbocycles. The zero-order valence-electron chi connectivity index (χ0n) is 15.3. The first-order valence-electron chi connectivity index (χ1n) is 8.89. The summed E-state index contributed by atoms with van der Waals surface area (Å²) < 4.78 is 43.2. The molecule has 28 heavy (non-hydrogen) atoms. The number of allylic oxidation sites excluding steroid dienone is 1. The SMILES string of the molecule is Cc1ccc(S(=O)(=O)/N=C2/C(=C/c3ccc(F)cc3)Cc3ccccc32)cc1. The highest BCUT2D eigenvalue weighted by atomic mass is 32.2. The lowest BCUT2D eigenvalue weighted by molar-refractivity contribution is 0.598. The molecule has 0 heterocycles. The van der Waals surface area contributed by atoms with Crippen molar-refractivity contribution in [3.05, 3.63) is 106 Å². The Morgan fingerprint density at radius 3 is 2.32 bits per heavy atom. The summed E-state index contributed by atoms with van der Waals surface area (Å²) in [6, 6.07) is 20.4. The topological polar surface area (TPSA) is 46.5 Å². The monoisotopic (exact) mass is 391 g/mol. The van der Waals surface area contributed by atoms with Crippen LogP contribution in [0.25, 0.3) is 6.08 Å². The summed E-state index contributed by atoms with van der Waals surface area (Å²) in [6.07, 6.45) is 2.44. The summed E-state index contributed by atoms with van der Waals surface area (Å²) in [5.41, 5.74) is 4.85. The predicted molar refractivity (Wildman–Crippen MR) is 109 cm³/mol. The van der Waals surface area contributed by atoms with E-state index in [-0.39, 0.29) is 10.7 Å². The highest BCUT2D eigenvalue weighted by molar-refractivity contribution is 7.90. The lowest BCUT2D eigenvalue weighted by Gasteiger charge is -2.05. The zero-order chi connectivity index (χ0) is 19.7. The smallest absolute Gasteiger partial charge is 0.207 e. The summed E-state index contributed by atoms with van der Waals surface area (Å²) in [4.78, 5) is 0.163. The second-order valence-corrected chi connectivity index (χ2v) is 8.39. The Morgan fingerprint density at radius 2 is 1.61 bits per heavy atom. The fraction of sp³-hybridized carbons (Fsp3) is 0.0870. The number of sulfonamides is 1. The van der Waals surface area contributed by atoms with Crippen LogP contribution in [0.2, 0.25) is 0 Å². The normalized spacial score (nSPS) is 16.5. The molecule has 0 saturated carbocycles. The van der Waals surface area contributed by atoms with E-state index in [0.29, 0.717) is 12.1 Å². The van der Waals surface area contributed by atoms with E-state index in [1.165, 1.54) is 12.1 Å². The molecule has 0 N–H and O–H groups in total. The van der Waals surface area contributed by atoms with Crippen LogP contribution in [0.4, 0.5) is 4.39 Å². The fourth-order valence-corrected chi connectivity index (χ4v) is 4.28.